The van der Waals surface area contributed by atoms with Gasteiger partial charge in [0.15, 0.2) is 5.75 Å². The Labute approximate surface area is 85.2 Å². The number of aromatic hydroxyl groups is 1. The molecule has 1 aromatic rings. The van der Waals surface area contributed by atoms with E-state index in [4.69, 9.17) is 0 Å². The van der Waals surface area contributed by atoms with Crippen LogP contribution in [0.3, 0.4) is 0 Å². The number of carbonyl (C=O) groups excluding carboxylic acids is 1. The Morgan fingerprint density at radius 2 is 2.13 bits per heavy atom. The number of ether oxygens (including phenoxy) is 1. The SMILES string of the molecule is COC(=O)c1ccc([N+](=O)[O-])c(O)c1C. The lowest BCUT2D eigenvalue weighted by molar-refractivity contribution is -0.385. The summed E-state index contributed by atoms with van der Waals surface area (Å²) in [4.78, 5) is 20.9. The average molecular weight is 211 g/mol. The molecule has 0 bridgehead atoms. The second-order valence-electron chi connectivity index (χ2n) is 2.85. The van der Waals surface area contributed by atoms with E-state index in [2.05, 4.69) is 4.74 Å². The van der Waals surface area contributed by atoms with E-state index in [1.54, 1.807) is 0 Å². The molecule has 0 atom stereocenters. The first-order valence-electron chi connectivity index (χ1n) is 4.04. The lowest BCUT2D eigenvalue weighted by Gasteiger charge is -2.05. The highest BCUT2D eigenvalue weighted by atomic mass is 16.6. The zero-order chi connectivity index (χ0) is 11.6. The summed E-state index contributed by atoms with van der Waals surface area (Å²) in [5.41, 5.74) is -0.184. The molecular weight excluding hydrogens is 202 g/mol. The maximum absolute atomic E-state index is 11.2. The van der Waals surface area contributed by atoms with Crippen molar-refractivity contribution in [1.82, 2.24) is 0 Å². The van der Waals surface area contributed by atoms with Crippen molar-refractivity contribution >= 4 is 11.7 Å². The van der Waals surface area contributed by atoms with Gasteiger partial charge >= 0.3 is 11.7 Å². The van der Waals surface area contributed by atoms with E-state index < -0.39 is 22.3 Å². The van der Waals surface area contributed by atoms with Crippen molar-refractivity contribution in [2.45, 2.75) is 6.92 Å². The molecule has 1 aromatic carbocycles. The molecule has 0 saturated heterocycles. The lowest BCUT2D eigenvalue weighted by Crippen LogP contribution is -2.04. The normalized spacial score (nSPS) is 9.73. The fourth-order valence-corrected chi connectivity index (χ4v) is 1.16. The number of nitro groups is 1. The molecule has 0 saturated carbocycles. The van der Waals surface area contributed by atoms with Crippen LogP contribution in [0.4, 0.5) is 5.69 Å². The highest BCUT2D eigenvalue weighted by molar-refractivity contribution is 5.92. The zero-order valence-corrected chi connectivity index (χ0v) is 8.18. The topological polar surface area (TPSA) is 89.7 Å². The Balaban J connectivity index is 3.33. The number of nitro benzene ring substituents is 1. The highest BCUT2D eigenvalue weighted by Crippen LogP contribution is 2.31. The van der Waals surface area contributed by atoms with Gasteiger partial charge in [-0.25, -0.2) is 4.79 Å². The van der Waals surface area contributed by atoms with Gasteiger partial charge in [-0.3, -0.25) is 10.1 Å². The Kier molecular flexibility index (Phi) is 2.89. The number of rotatable bonds is 2. The van der Waals surface area contributed by atoms with Crippen molar-refractivity contribution in [3.8, 4) is 5.75 Å². The summed E-state index contributed by atoms with van der Waals surface area (Å²) in [7, 11) is 1.19. The van der Waals surface area contributed by atoms with E-state index in [0.29, 0.717) is 0 Å². The van der Waals surface area contributed by atoms with Gasteiger partial charge < -0.3 is 9.84 Å². The van der Waals surface area contributed by atoms with Crippen LogP contribution in [0.1, 0.15) is 15.9 Å². The number of phenolic OH excluding ortho intramolecular Hbond substituents is 1. The first kappa shape index (κ1) is 11.0. The number of carbonyl (C=O) groups is 1. The third-order valence-electron chi connectivity index (χ3n) is 2.01. The first-order valence-corrected chi connectivity index (χ1v) is 4.04. The van der Waals surface area contributed by atoms with Crippen molar-refractivity contribution in [1.29, 1.82) is 0 Å². The Bertz CT molecular complexity index is 427. The minimum atomic E-state index is -0.719. The molecule has 0 fully saturated rings. The summed E-state index contributed by atoms with van der Waals surface area (Å²) in [6, 6.07) is 2.31. The molecule has 1 rings (SSSR count). The molecule has 1 N–H and O–H groups in total. The van der Waals surface area contributed by atoms with Crippen LogP contribution < -0.4 is 0 Å². The van der Waals surface area contributed by atoms with Gasteiger partial charge in [-0.05, 0) is 13.0 Å². The molecule has 0 aliphatic rings. The third kappa shape index (κ3) is 1.88. The smallest absolute Gasteiger partial charge is 0.338 e. The van der Waals surface area contributed by atoms with Crippen LogP contribution in [0.5, 0.6) is 5.75 Å². The van der Waals surface area contributed by atoms with Crippen LogP contribution in [0, 0.1) is 17.0 Å². The molecule has 0 radical (unpaired) electrons. The van der Waals surface area contributed by atoms with Crippen molar-refractivity contribution in [3.63, 3.8) is 0 Å². The van der Waals surface area contributed by atoms with Crippen molar-refractivity contribution in [2.24, 2.45) is 0 Å². The number of esters is 1. The van der Waals surface area contributed by atoms with Crippen LogP contribution in [0.15, 0.2) is 12.1 Å². The van der Waals surface area contributed by atoms with Gasteiger partial charge in [0.2, 0.25) is 0 Å². The molecule has 80 valence electrons. The fraction of sp³-hybridized carbons (Fsp3) is 0.222. The second kappa shape index (κ2) is 3.95. The van der Waals surface area contributed by atoms with E-state index in [-0.39, 0.29) is 11.1 Å². The number of benzene rings is 1. The maximum atomic E-state index is 11.2. The Hall–Kier alpha value is -2.11. The predicted octanol–water partition coefficient (Wildman–Crippen LogP) is 1.40. The molecule has 0 amide bonds. The first-order chi connectivity index (χ1) is 6.99. The van der Waals surface area contributed by atoms with Gasteiger partial charge in [0.1, 0.15) is 0 Å². The minimum absolute atomic E-state index is 0.112. The summed E-state index contributed by atoms with van der Waals surface area (Å²) < 4.78 is 4.45. The van der Waals surface area contributed by atoms with Gasteiger partial charge in [0.25, 0.3) is 0 Å². The fourth-order valence-electron chi connectivity index (χ4n) is 1.16. The van der Waals surface area contributed by atoms with Crippen molar-refractivity contribution in [2.75, 3.05) is 7.11 Å². The lowest BCUT2D eigenvalue weighted by atomic mass is 10.1. The van der Waals surface area contributed by atoms with Crippen molar-refractivity contribution in [3.05, 3.63) is 33.4 Å². The third-order valence-corrected chi connectivity index (χ3v) is 2.01. The number of methoxy groups -OCH3 is 1. The molecule has 0 spiro atoms. The highest BCUT2D eigenvalue weighted by Gasteiger charge is 2.20. The molecule has 0 aliphatic carbocycles. The molecule has 0 heterocycles. The molecule has 6 heteroatoms. The summed E-state index contributed by atoms with van der Waals surface area (Å²) in [6.45, 7) is 1.41. The molecule has 0 aromatic heterocycles. The van der Waals surface area contributed by atoms with E-state index >= 15 is 0 Å². The number of hydrogen-bond donors (Lipinski definition) is 1. The van der Waals surface area contributed by atoms with Crippen molar-refractivity contribution < 1.29 is 19.6 Å². The maximum Gasteiger partial charge on any atom is 0.338 e. The average Bonchev–Trinajstić information content (AvgIpc) is 2.20. The van der Waals surface area contributed by atoms with Gasteiger partial charge in [-0.1, -0.05) is 0 Å². The Morgan fingerprint density at radius 1 is 1.53 bits per heavy atom. The summed E-state index contributed by atoms with van der Waals surface area (Å²) in [6.07, 6.45) is 0. The number of hydrogen-bond acceptors (Lipinski definition) is 5. The number of phenols is 1. The Morgan fingerprint density at radius 3 is 2.60 bits per heavy atom. The molecule has 6 nitrogen and oxygen atoms in total. The molecule has 0 unspecified atom stereocenters. The van der Waals surface area contributed by atoms with E-state index in [0.717, 1.165) is 6.07 Å². The molecule has 15 heavy (non-hydrogen) atoms. The second-order valence-corrected chi connectivity index (χ2v) is 2.85. The van der Waals surface area contributed by atoms with E-state index in [1.807, 2.05) is 0 Å². The summed E-state index contributed by atoms with van der Waals surface area (Å²) in [5, 5.41) is 19.9. The van der Waals surface area contributed by atoms with Crippen LogP contribution in [-0.4, -0.2) is 23.1 Å². The molecular formula is C9H9NO5. The standard InChI is InChI=1S/C9H9NO5/c1-5-6(9(12)15-2)3-4-7(8(5)11)10(13)14/h3-4,11H,1-2H3. The zero-order valence-electron chi connectivity index (χ0n) is 8.18. The van der Waals surface area contributed by atoms with E-state index in [1.165, 1.54) is 20.1 Å². The van der Waals surface area contributed by atoms with Crippen LogP contribution >= 0.6 is 0 Å². The van der Waals surface area contributed by atoms with E-state index in [9.17, 15) is 20.0 Å². The van der Waals surface area contributed by atoms with Gasteiger partial charge in [-0.15, -0.1) is 0 Å². The van der Waals surface area contributed by atoms with Crippen LogP contribution in [0.2, 0.25) is 0 Å². The van der Waals surface area contributed by atoms with Gasteiger partial charge in [0, 0.05) is 11.6 Å². The van der Waals surface area contributed by atoms with Gasteiger partial charge in [-0.2, -0.15) is 0 Å². The van der Waals surface area contributed by atoms with Crippen LogP contribution in [0.25, 0.3) is 0 Å². The minimum Gasteiger partial charge on any atom is -0.502 e. The quantitative estimate of drug-likeness (QED) is 0.453. The molecule has 0 aliphatic heterocycles. The summed E-state index contributed by atoms with van der Waals surface area (Å²) >= 11 is 0. The monoisotopic (exact) mass is 211 g/mol. The summed E-state index contributed by atoms with van der Waals surface area (Å²) in [5.74, 6) is -1.15. The number of nitrogens with zero attached hydrogens (tertiary/aromatic N) is 1. The van der Waals surface area contributed by atoms with Gasteiger partial charge in [0.05, 0.1) is 17.6 Å². The largest absolute Gasteiger partial charge is 0.502 e. The predicted molar refractivity (Wildman–Crippen MR) is 50.8 cm³/mol. The van der Waals surface area contributed by atoms with Crippen LogP contribution in [-0.2, 0) is 4.74 Å².